The van der Waals surface area contributed by atoms with Crippen molar-refractivity contribution in [1.82, 2.24) is 4.98 Å². The van der Waals surface area contributed by atoms with Crippen molar-refractivity contribution >= 4 is 17.6 Å². The van der Waals surface area contributed by atoms with Gasteiger partial charge in [-0.2, -0.15) is 0 Å². The van der Waals surface area contributed by atoms with Crippen molar-refractivity contribution in [3.8, 4) is 0 Å². The van der Waals surface area contributed by atoms with Crippen LogP contribution in [0.3, 0.4) is 0 Å². The van der Waals surface area contributed by atoms with Gasteiger partial charge in [-0.05, 0) is 12.1 Å². The number of aromatic carboxylic acids is 1. The maximum atomic E-state index is 10.6. The van der Waals surface area contributed by atoms with Crippen molar-refractivity contribution in [3.63, 3.8) is 0 Å². The first kappa shape index (κ1) is 11.0. The van der Waals surface area contributed by atoms with E-state index >= 15 is 0 Å². The van der Waals surface area contributed by atoms with Crippen LogP contribution in [0.2, 0.25) is 0 Å². The van der Waals surface area contributed by atoms with E-state index < -0.39 is 5.97 Å². The highest BCUT2D eigenvalue weighted by atomic mass is 35.5. The molecule has 1 rings (SSSR count). The van der Waals surface area contributed by atoms with Crippen molar-refractivity contribution < 1.29 is 9.90 Å². The standard InChI is InChI=1S/C10H12ClNO2/c1-10(2,6-11)8-4-3-7(5-12-8)9(13)14/h3-5H,6H2,1-2H3,(H,13,14). The van der Waals surface area contributed by atoms with Gasteiger partial charge in [-0.1, -0.05) is 13.8 Å². The van der Waals surface area contributed by atoms with E-state index in [1.165, 1.54) is 6.20 Å². The Labute approximate surface area is 87.7 Å². The van der Waals surface area contributed by atoms with Crippen LogP contribution in [-0.2, 0) is 5.41 Å². The number of carboxylic acids is 1. The third kappa shape index (κ3) is 2.23. The van der Waals surface area contributed by atoms with Gasteiger partial charge in [-0.3, -0.25) is 4.98 Å². The number of alkyl halides is 1. The summed E-state index contributed by atoms with van der Waals surface area (Å²) in [6.07, 6.45) is 1.35. The topological polar surface area (TPSA) is 50.2 Å². The summed E-state index contributed by atoms with van der Waals surface area (Å²) in [5.41, 5.74) is 0.773. The molecule has 1 heterocycles. The molecule has 0 radical (unpaired) electrons. The SMILES string of the molecule is CC(C)(CCl)c1ccc(C(=O)O)cn1. The minimum absolute atomic E-state index is 0.194. The van der Waals surface area contributed by atoms with Crippen LogP contribution in [0.4, 0.5) is 0 Å². The second kappa shape index (κ2) is 3.96. The zero-order chi connectivity index (χ0) is 10.8. The molecule has 3 nitrogen and oxygen atoms in total. The van der Waals surface area contributed by atoms with Crippen LogP contribution >= 0.6 is 11.6 Å². The Morgan fingerprint density at radius 3 is 2.57 bits per heavy atom. The Balaban J connectivity index is 2.99. The fourth-order valence-electron chi connectivity index (χ4n) is 0.989. The summed E-state index contributed by atoms with van der Waals surface area (Å²) in [5, 5.41) is 8.67. The van der Waals surface area contributed by atoms with Gasteiger partial charge in [0, 0.05) is 23.2 Å². The van der Waals surface area contributed by atoms with Gasteiger partial charge in [-0.25, -0.2) is 4.79 Å². The number of hydrogen-bond donors (Lipinski definition) is 1. The van der Waals surface area contributed by atoms with Gasteiger partial charge in [0.15, 0.2) is 0 Å². The Bertz CT molecular complexity index is 332. The third-order valence-corrected chi connectivity index (χ3v) is 2.71. The second-order valence-electron chi connectivity index (χ2n) is 3.75. The first-order chi connectivity index (χ1) is 6.47. The van der Waals surface area contributed by atoms with E-state index in [2.05, 4.69) is 4.98 Å². The molecular weight excluding hydrogens is 202 g/mol. The molecule has 0 saturated carbocycles. The average molecular weight is 214 g/mol. The summed E-state index contributed by atoms with van der Waals surface area (Å²) >= 11 is 5.77. The molecule has 0 aliphatic rings. The van der Waals surface area contributed by atoms with Crippen LogP contribution in [0, 0.1) is 0 Å². The van der Waals surface area contributed by atoms with Crippen LogP contribution in [0.5, 0.6) is 0 Å². The largest absolute Gasteiger partial charge is 0.478 e. The van der Waals surface area contributed by atoms with E-state index in [1.54, 1.807) is 12.1 Å². The molecule has 0 aliphatic carbocycles. The summed E-state index contributed by atoms with van der Waals surface area (Å²) in [6, 6.07) is 3.24. The molecule has 0 fully saturated rings. The number of carboxylic acid groups (broad SMARTS) is 1. The lowest BCUT2D eigenvalue weighted by Gasteiger charge is -2.20. The summed E-state index contributed by atoms with van der Waals surface area (Å²) in [6.45, 7) is 3.92. The normalized spacial score (nSPS) is 11.4. The Hall–Kier alpha value is -1.09. The van der Waals surface area contributed by atoms with Crippen LogP contribution < -0.4 is 0 Å². The quantitative estimate of drug-likeness (QED) is 0.784. The van der Waals surface area contributed by atoms with Crippen LogP contribution in [0.15, 0.2) is 18.3 Å². The van der Waals surface area contributed by atoms with Crippen molar-refractivity contribution in [2.45, 2.75) is 19.3 Å². The number of rotatable bonds is 3. The third-order valence-electron chi connectivity index (χ3n) is 2.04. The highest BCUT2D eigenvalue weighted by molar-refractivity contribution is 6.18. The second-order valence-corrected chi connectivity index (χ2v) is 4.02. The molecule has 0 aliphatic heterocycles. The highest BCUT2D eigenvalue weighted by Crippen LogP contribution is 2.22. The Kier molecular flexibility index (Phi) is 3.11. The van der Waals surface area contributed by atoms with Gasteiger partial charge < -0.3 is 5.11 Å². The average Bonchev–Trinajstić information content (AvgIpc) is 2.18. The predicted octanol–water partition coefficient (Wildman–Crippen LogP) is 2.30. The summed E-state index contributed by atoms with van der Waals surface area (Å²) in [4.78, 5) is 14.6. The fourth-order valence-corrected chi connectivity index (χ4v) is 1.13. The lowest BCUT2D eigenvalue weighted by atomic mass is 9.91. The number of halogens is 1. The summed E-state index contributed by atoms with van der Waals surface area (Å²) in [5.74, 6) is -0.514. The molecular formula is C10H12ClNO2. The molecule has 0 spiro atoms. The molecule has 0 bridgehead atoms. The molecule has 0 amide bonds. The number of hydrogen-bond acceptors (Lipinski definition) is 2. The summed E-state index contributed by atoms with van der Waals surface area (Å²) < 4.78 is 0. The Morgan fingerprint density at radius 2 is 2.21 bits per heavy atom. The van der Waals surface area contributed by atoms with Gasteiger partial charge in [-0.15, -0.1) is 11.6 Å². The monoisotopic (exact) mass is 213 g/mol. The minimum Gasteiger partial charge on any atom is -0.478 e. The van der Waals surface area contributed by atoms with Crippen LogP contribution in [-0.4, -0.2) is 21.9 Å². The number of carbonyl (C=O) groups is 1. The maximum absolute atomic E-state index is 10.6. The van der Waals surface area contributed by atoms with Crippen molar-refractivity contribution in [2.24, 2.45) is 0 Å². The summed E-state index contributed by atoms with van der Waals surface area (Å²) in [7, 11) is 0. The Morgan fingerprint density at radius 1 is 1.57 bits per heavy atom. The lowest BCUT2D eigenvalue weighted by molar-refractivity contribution is 0.0696. The molecule has 1 N–H and O–H groups in total. The molecule has 4 heteroatoms. The van der Waals surface area contributed by atoms with Crippen molar-refractivity contribution in [3.05, 3.63) is 29.6 Å². The predicted molar refractivity (Wildman–Crippen MR) is 54.9 cm³/mol. The van der Waals surface area contributed by atoms with E-state index in [9.17, 15) is 4.79 Å². The smallest absolute Gasteiger partial charge is 0.337 e. The van der Waals surface area contributed by atoms with Gasteiger partial charge in [0.2, 0.25) is 0 Å². The molecule has 14 heavy (non-hydrogen) atoms. The zero-order valence-corrected chi connectivity index (χ0v) is 8.88. The van der Waals surface area contributed by atoms with Crippen molar-refractivity contribution in [2.75, 3.05) is 5.88 Å². The number of nitrogens with zero attached hydrogens (tertiary/aromatic N) is 1. The van der Waals surface area contributed by atoms with E-state index in [-0.39, 0.29) is 11.0 Å². The van der Waals surface area contributed by atoms with Crippen LogP contribution in [0.1, 0.15) is 29.9 Å². The van der Waals surface area contributed by atoms with E-state index in [4.69, 9.17) is 16.7 Å². The van der Waals surface area contributed by atoms with E-state index in [0.717, 1.165) is 5.69 Å². The first-order valence-electron chi connectivity index (χ1n) is 4.23. The highest BCUT2D eigenvalue weighted by Gasteiger charge is 2.20. The maximum Gasteiger partial charge on any atom is 0.337 e. The molecule has 1 aromatic heterocycles. The minimum atomic E-state index is -0.965. The number of aromatic nitrogens is 1. The zero-order valence-electron chi connectivity index (χ0n) is 8.12. The van der Waals surface area contributed by atoms with E-state index in [0.29, 0.717) is 5.88 Å². The van der Waals surface area contributed by atoms with Gasteiger partial charge in [0.05, 0.1) is 5.56 Å². The van der Waals surface area contributed by atoms with Crippen molar-refractivity contribution in [1.29, 1.82) is 0 Å². The molecule has 0 aromatic carbocycles. The molecule has 76 valence electrons. The van der Waals surface area contributed by atoms with E-state index in [1.807, 2.05) is 13.8 Å². The van der Waals surface area contributed by atoms with Gasteiger partial charge >= 0.3 is 5.97 Å². The van der Waals surface area contributed by atoms with Gasteiger partial charge in [0.1, 0.15) is 0 Å². The van der Waals surface area contributed by atoms with Crippen LogP contribution in [0.25, 0.3) is 0 Å². The van der Waals surface area contributed by atoms with Gasteiger partial charge in [0.25, 0.3) is 0 Å². The molecule has 0 saturated heterocycles. The fraction of sp³-hybridized carbons (Fsp3) is 0.400. The molecule has 1 aromatic rings. The molecule has 0 unspecified atom stereocenters. The number of pyridine rings is 1. The first-order valence-corrected chi connectivity index (χ1v) is 4.76. The molecule has 0 atom stereocenters. The lowest BCUT2D eigenvalue weighted by Crippen LogP contribution is -2.20.